The summed E-state index contributed by atoms with van der Waals surface area (Å²) in [6.07, 6.45) is 1.68. The fourth-order valence-electron chi connectivity index (χ4n) is 1.84. The molecule has 120 valence electrons. The van der Waals surface area contributed by atoms with Gasteiger partial charge in [-0.2, -0.15) is 0 Å². The third-order valence-corrected chi connectivity index (χ3v) is 3.73. The van der Waals surface area contributed by atoms with Crippen LogP contribution in [0.2, 0.25) is 0 Å². The lowest BCUT2D eigenvalue weighted by molar-refractivity contribution is -0.114. The van der Waals surface area contributed by atoms with Crippen LogP contribution in [0.1, 0.15) is 6.92 Å². The predicted molar refractivity (Wildman–Crippen MR) is 90.9 cm³/mol. The van der Waals surface area contributed by atoms with Crippen molar-refractivity contribution >= 4 is 35.0 Å². The molecule has 0 fully saturated rings. The zero-order valence-corrected chi connectivity index (χ0v) is 13.6. The maximum atomic E-state index is 12.1. The summed E-state index contributed by atoms with van der Waals surface area (Å²) in [6.45, 7) is 1.42. The molecule has 23 heavy (non-hydrogen) atoms. The zero-order chi connectivity index (χ0) is 16.7. The average Bonchev–Trinajstić information content (AvgIpc) is 2.54. The molecule has 2 rings (SSSR count). The Hall–Kier alpha value is -2.54. The topological polar surface area (TPSA) is 80.3 Å². The van der Waals surface area contributed by atoms with Gasteiger partial charge in [0.2, 0.25) is 11.8 Å². The average molecular weight is 331 g/mol. The highest BCUT2D eigenvalue weighted by Crippen LogP contribution is 2.28. The largest absolute Gasteiger partial charge is 0.495 e. The first kappa shape index (κ1) is 16.8. The molecular formula is C16H17N3O3S. The molecule has 1 aromatic heterocycles. The van der Waals surface area contributed by atoms with Gasteiger partial charge in [0, 0.05) is 18.8 Å². The number of pyridine rings is 1. The van der Waals surface area contributed by atoms with E-state index in [1.165, 1.54) is 25.8 Å². The third-order valence-electron chi connectivity index (χ3n) is 2.78. The van der Waals surface area contributed by atoms with Crippen molar-refractivity contribution in [3.63, 3.8) is 0 Å². The van der Waals surface area contributed by atoms with Gasteiger partial charge in [0.05, 0.1) is 23.6 Å². The Morgan fingerprint density at radius 2 is 2.04 bits per heavy atom. The van der Waals surface area contributed by atoms with E-state index in [9.17, 15) is 9.59 Å². The molecule has 0 radical (unpaired) electrons. The molecule has 0 atom stereocenters. The molecule has 2 N–H and O–H groups in total. The summed E-state index contributed by atoms with van der Waals surface area (Å²) in [5, 5.41) is 6.23. The van der Waals surface area contributed by atoms with Crippen LogP contribution < -0.4 is 15.4 Å². The molecule has 0 aliphatic carbocycles. The minimum absolute atomic E-state index is 0.182. The van der Waals surface area contributed by atoms with E-state index in [4.69, 9.17) is 4.74 Å². The van der Waals surface area contributed by atoms with Crippen LogP contribution in [-0.2, 0) is 9.59 Å². The van der Waals surface area contributed by atoms with E-state index in [2.05, 4.69) is 15.6 Å². The molecule has 0 saturated heterocycles. The maximum absolute atomic E-state index is 12.1. The van der Waals surface area contributed by atoms with Crippen LogP contribution in [0, 0.1) is 0 Å². The Labute approximate surface area is 138 Å². The van der Waals surface area contributed by atoms with Crippen molar-refractivity contribution in [1.29, 1.82) is 0 Å². The molecule has 2 amide bonds. The summed E-state index contributed by atoms with van der Waals surface area (Å²) >= 11 is 1.34. The fraction of sp³-hybridized carbons (Fsp3) is 0.188. The van der Waals surface area contributed by atoms with Gasteiger partial charge in [0.15, 0.2) is 0 Å². The second kappa shape index (κ2) is 8.19. The number of methoxy groups -OCH3 is 1. The first-order valence-corrected chi connectivity index (χ1v) is 7.86. The number of nitrogens with one attached hydrogen (secondary N) is 2. The first-order chi connectivity index (χ1) is 11.1. The molecule has 0 bridgehead atoms. The Morgan fingerprint density at radius 3 is 2.70 bits per heavy atom. The molecule has 2 aromatic rings. The Kier molecular flexibility index (Phi) is 5.99. The lowest BCUT2D eigenvalue weighted by atomic mass is 10.2. The minimum Gasteiger partial charge on any atom is -0.495 e. The van der Waals surface area contributed by atoms with E-state index in [1.807, 2.05) is 18.2 Å². The lowest BCUT2D eigenvalue weighted by Gasteiger charge is -2.12. The maximum Gasteiger partial charge on any atom is 0.234 e. The van der Waals surface area contributed by atoms with Gasteiger partial charge in [0.1, 0.15) is 5.75 Å². The monoisotopic (exact) mass is 331 g/mol. The lowest BCUT2D eigenvalue weighted by Crippen LogP contribution is -2.15. The van der Waals surface area contributed by atoms with E-state index in [-0.39, 0.29) is 17.6 Å². The van der Waals surface area contributed by atoms with Gasteiger partial charge in [-0.1, -0.05) is 17.8 Å². The number of hydrogen-bond acceptors (Lipinski definition) is 5. The molecule has 0 saturated carbocycles. The number of ether oxygens (including phenoxy) is 1. The van der Waals surface area contributed by atoms with Crippen LogP contribution in [0.5, 0.6) is 5.75 Å². The molecule has 1 heterocycles. The van der Waals surface area contributed by atoms with Crippen LogP contribution in [-0.4, -0.2) is 29.7 Å². The number of anilines is 2. The molecular weight excluding hydrogens is 314 g/mol. The Balaban J connectivity index is 2.02. The van der Waals surface area contributed by atoms with E-state index < -0.39 is 0 Å². The van der Waals surface area contributed by atoms with Crippen LogP contribution in [0.15, 0.2) is 47.6 Å². The second-order valence-corrected chi connectivity index (χ2v) is 5.60. The standard InChI is InChI=1S/C16H17N3O3S/c1-11(20)18-12-6-7-14(22-2)13(9-12)19-15(21)10-23-16-5-3-4-8-17-16/h3-9H,10H2,1-2H3,(H,18,20)(H,19,21). The van der Waals surface area contributed by atoms with E-state index in [1.54, 1.807) is 24.4 Å². The Bertz CT molecular complexity index is 692. The van der Waals surface area contributed by atoms with Crippen molar-refractivity contribution in [2.45, 2.75) is 11.9 Å². The molecule has 0 spiro atoms. The highest BCUT2D eigenvalue weighted by atomic mass is 32.2. The second-order valence-electron chi connectivity index (χ2n) is 4.60. The normalized spacial score (nSPS) is 10.0. The summed E-state index contributed by atoms with van der Waals surface area (Å²) in [4.78, 5) is 27.4. The SMILES string of the molecule is COc1ccc(NC(C)=O)cc1NC(=O)CSc1ccccn1. The number of aromatic nitrogens is 1. The van der Waals surface area contributed by atoms with Gasteiger partial charge < -0.3 is 15.4 Å². The highest BCUT2D eigenvalue weighted by Gasteiger charge is 2.10. The molecule has 0 unspecified atom stereocenters. The van der Waals surface area contributed by atoms with Gasteiger partial charge in [-0.25, -0.2) is 4.98 Å². The fourth-order valence-corrected chi connectivity index (χ4v) is 2.51. The Morgan fingerprint density at radius 1 is 1.22 bits per heavy atom. The first-order valence-electron chi connectivity index (χ1n) is 6.88. The van der Waals surface area contributed by atoms with Gasteiger partial charge in [-0.15, -0.1) is 0 Å². The van der Waals surface area contributed by atoms with Crippen molar-refractivity contribution in [2.24, 2.45) is 0 Å². The molecule has 0 aliphatic heterocycles. The van der Waals surface area contributed by atoms with Crippen molar-refractivity contribution in [3.8, 4) is 5.75 Å². The van der Waals surface area contributed by atoms with Gasteiger partial charge in [-0.3, -0.25) is 9.59 Å². The number of thioether (sulfide) groups is 1. The smallest absolute Gasteiger partial charge is 0.234 e. The summed E-state index contributed by atoms with van der Waals surface area (Å²) in [5.74, 6) is 0.386. The van der Waals surface area contributed by atoms with Gasteiger partial charge in [0.25, 0.3) is 0 Å². The quantitative estimate of drug-likeness (QED) is 0.796. The van der Waals surface area contributed by atoms with E-state index >= 15 is 0 Å². The highest BCUT2D eigenvalue weighted by molar-refractivity contribution is 7.99. The van der Waals surface area contributed by atoms with Crippen molar-refractivity contribution in [2.75, 3.05) is 23.5 Å². The number of benzene rings is 1. The number of rotatable bonds is 6. The number of carbonyl (C=O) groups excluding carboxylic acids is 2. The molecule has 0 aliphatic rings. The van der Waals surface area contributed by atoms with Crippen LogP contribution in [0.25, 0.3) is 0 Å². The minimum atomic E-state index is -0.182. The van der Waals surface area contributed by atoms with Crippen molar-refractivity contribution in [3.05, 3.63) is 42.6 Å². The number of amides is 2. The van der Waals surface area contributed by atoms with Crippen LogP contribution in [0.3, 0.4) is 0 Å². The summed E-state index contributed by atoms with van der Waals surface area (Å²) in [5.41, 5.74) is 1.09. The van der Waals surface area contributed by atoms with Gasteiger partial charge in [-0.05, 0) is 30.3 Å². The van der Waals surface area contributed by atoms with E-state index in [0.717, 1.165) is 5.03 Å². The molecule has 7 heteroatoms. The summed E-state index contributed by atoms with van der Waals surface area (Å²) < 4.78 is 5.22. The third kappa shape index (κ3) is 5.30. The molecule has 6 nitrogen and oxygen atoms in total. The number of hydrogen-bond donors (Lipinski definition) is 2. The zero-order valence-electron chi connectivity index (χ0n) is 12.8. The number of carbonyl (C=O) groups is 2. The van der Waals surface area contributed by atoms with Crippen molar-refractivity contribution in [1.82, 2.24) is 4.98 Å². The summed E-state index contributed by atoms with van der Waals surface area (Å²) in [7, 11) is 1.52. The number of nitrogens with zero attached hydrogens (tertiary/aromatic N) is 1. The predicted octanol–water partition coefficient (Wildman–Crippen LogP) is 2.78. The van der Waals surface area contributed by atoms with Crippen LogP contribution in [0.4, 0.5) is 11.4 Å². The van der Waals surface area contributed by atoms with Gasteiger partial charge >= 0.3 is 0 Å². The van der Waals surface area contributed by atoms with Crippen LogP contribution >= 0.6 is 11.8 Å². The summed E-state index contributed by atoms with van der Waals surface area (Å²) in [6, 6.07) is 10.6. The van der Waals surface area contributed by atoms with Crippen molar-refractivity contribution < 1.29 is 14.3 Å². The van der Waals surface area contributed by atoms with E-state index in [0.29, 0.717) is 17.1 Å². The molecule has 1 aromatic carbocycles.